The van der Waals surface area contributed by atoms with Crippen LogP contribution in [0.2, 0.25) is 0 Å². The van der Waals surface area contributed by atoms with Crippen molar-refractivity contribution in [2.45, 2.75) is 27.2 Å². The lowest BCUT2D eigenvalue weighted by Crippen LogP contribution is -2.04. The van der Waals surface area contributed by atoms with Crippen molar-refractivity contribution >= 4 is 28.9 Å². The topological polar surface area (TPSA) is 77.0 Å². The first kappa shape index (κ1) is 18.0. The van der Waals surface area contributed by atoms with Crippen LogP contribution in [-0.2, 0) is 11.2 Å². The zero-order valence-electron chi connectivity index (χ0n) is 14.9. The lowest BCUT2D eigenvalue weighted by atomic mass is 10.2. The van der Waals surface area contributed by atoms with E-state index in [1.54, 1.807) is 48.7 Å². The summed E-state index contributed by atoms with van der Waals surface area (Å²) < 4.78 is 4.98. The summed E-state index contributed by atoms with van der Waals surface area (Å²) in [7, 11) is 0. The number of aryl methyl sites for hydroxylation is 2. The largest absolute Gasteiger partial charge is 0.462 e. The number of hydrogen-bond acceptors (Lipinski definition) is 7. The number of carbonyl (C=O) groups excluding carboxylic acids is 1. The second-order valence-corrected chi connectivity index (χ2v) is 6.65. The Labute approximate surface area is 156 Å². The predicted octanol–water partition coefficient (Wildman–Crippen LogP) is 4.39. The third kappa shape index (κ3) is 4.05. The van der Waals surface area contributed by atoms with Gasteiger partial charge in [0, 0.05) is 11.9 Å². The molecule has 0 saturated heterocycles. The molecular formula is C19H20N4O2S. The highest BCUT2D eigenvalue weighted by Gasteiger charge is 2.11. The maximum atomic E-state index is 11.7. The Hall–Kier alpha value is -2.80. The van der Waals surface area contributed by atoms with Gasteiger partial charge in [-0.1, -0.05) is 6.92 Å². The van der Waals surface area contributed by atoms with Gasteiger partial charge in [-0.2, -0.15) is 0 Å². The van der Waals surface area contributed by atoms with Crippen LogP contribution in [0.25, 0.3) is 10.6 Å². The first-order valence-corrected chi connectivity index (χ1v) is 9.26. The van der Waals surface area contributed by atoms with Gasteiger partial charge in [-0.3, -0.25) is 0 Å². The van der Waals surface area contributed by atoms with Crippen molar-refractivity contribution < 1.29 is 9.53 Å². The van der Waals surface area contributed by atoms with E-state index in [2.05, 4.69) is 27.2 Å². The highest BCUT2D eigenvalue weighted by Crippen LogP contribution is 2.29. The Bertz CT molecular complexity index is 906. The van der Waals surface area contributed by atoms with E-state index in [1.807, 2.05) is 13.0 Å². The van der Waals surface area contributed by atoms with E-state index in [0.717, 1.165) is 33.4 Å². The summed E-state index contributed by atoms with van der Waals surface area (Å²) in [6, 6.07) is 8.91. The Kier molecular flexibility index (Phi) is 5.58. The molecule has 1 N–H and O–H groups in total. The molecule has 0 unspecified atom stereocenters. The first-order valence-electron chi connectivity index (χ1n) is 8.44. The zero-order valence-corrected chi connectivity index (χ0v) is 15.8. The van der Waals surface area contributed by atoms with Crippen molar-refractivity contribution in [1.82, 2.24) is 15.0 Å². The van der Waals surface area contributed by atoms with Crippen LogP contribution in [0.4, 0.5) is 11.6 Å². The van der Waals surface area contributed by atoms with Gasteiger partial charge >= 0.3 is 5.97 Å². The number of nitrogens with one attached hydrogen (secondary N) is 1. The van der Waals surface area contributed by atoms with E-state index in [4.69, 9.17) is 4.74 Å². The third-order valence-electron chi connectivity index (χ3n) is 3.68. The molecule has 0 aliphatic rings. The average Bonchev–Trinajstić information content (AvgIpc) is 3.04. The fraction of sp³-hybridized carbons (Fsp3) is 0.263. The molecule has 6 nitrogen and oxygen atoms in total. The van der Waals surface area contributed by atoms with E-state index in [-0.39, 0.29) is 5.97 Å². The van der Waals surface area contributed by atoms with Gasteiger partial charge in [0.15, 0.2) is 0 Å². The summed E-state index contributed by atoms with van der Waals surface area (Å²) in [5.74, 6) is 0.168. The van der Waals surface area contributed by atoms with Crippen molar-refractivity contribution in [2.24, 2.45) is 0 Å². The molecule has 0 amide bonds. The van der Waals surface area contributed by atoms with E-state index in [9.17, 15) is 4.79 Å². The summed E-state index contributed by atoms with van der Waals surface area (Å²) in [4.78, 5) is 26.2. The number of nitrogens with zero attached hydrogens (tertiary/aromatic N) is 3. The van der Waals surface area contributed by atoms with E-state index >= 15 is 0 Å². The van der Waals surface area contributed by atoms with Crippen LogP contribution < -0.4 is 5.32 Å². The fourth-order valence-corrected chi connectivity index (χ4v) is 3.39. The summed E-state index contributed by atoms with van der Waals surface area (Å²) in [5, 5.41) is 4.26. The number of esters is 1. The van der Waals surface area contributed by atoms with Gasteiger partial charge in [-0.15, -0.1) is 11.3 Å². The number of anilines is 2. The summed E-state index contributed by atoms with van der Waals surface area (Å²) in [6.45, 7) is 6.23. The molecule has 3 rings (SSSR count). The summed E-state index contributed by atoms with van der Waals surface area (Å²) in [6.07, 6.45) is 2.64. The highest BCUT2D eigenvalue weighted by molar-refractivity contribution is 7.15. The number of hydrogen-bond donors (Lipinski definition) is 1. The van der Waals surface area contributed by atoms with E-state index < -0.39 is 0 Å². The van der Waals surface area contributed by atoms with Crippen LogP contribution in [0, 0.1) is 6.92 Å². The van der Waals surface area contributed by atoms with Crippen molar-refractivity contribution in [3.8, 4) is 10.6 Å². The van der Waals surface area contributed by atoms with E-state index in [0.29, 0.717) is 18.1 Å². The fourth-order valence-electron chi connectivity index (χ4n) is 2.42. The Balaban J connectivity index is 1.78. The molecule has 1 aromatic carbocycles. The van der Waals surface area contributed by atoms with Crippen LogP contribution >= 0.6 is 11.3 Å². The van der Waals surface area contributed by atoms with Crippen LogP contribution in [0.15, 0.2) is 36.5 Å². The Morgan fingerprint density at radius 3 is 2.58 bits per heavy atom. The molecule has 0 atom stereocenters. The van der Waals surface area contributed by atoms with Crippen LogP contribution in [0.1, 0.15) is 34.9 Å². The quantitative estimate of drug-likeness (QED) is 0.650. The van der Waals surface area contributed by atoms with Gasteiger partial charge in [0.05, 0.1) is 33.4 Å². The van der Waals surface area contributed by atoms with Gasteiger partial charge in [0.1, 0.15) is 0 Å². The predicted molar refractivity (Wildman–Crippen MR) is 103 cm³/mol. The SMILES string of the molecule is CCOC(=O)c1ccc(Nc2nccc(-c3sc(CC)nc3C)n2)cc1. The van der Waals surface area contributed by atoms with Crippen molar-refractivity contribution in [1.29, 1.82) is 0 Å². The minimum Gasteiger partial charge on any atom is -0.462 e. The van der Waals surface area contributed by atoms with Crippen molar-refractivity contribution in [3.05, 3.63) is 52.8 Å². The molecule has 2 heterocycles. The Morgan fingerprint density at radius 2 is 1.92 bits per heavy atom. The number of benzene rings is 1. The molecule has 7 heteroatoms. The summed E-state index contributed by atoms with van der Waals surface area (Å²) >= 11 is 1.66. The van der Waals surface area contributed by atoms with Crippen molar-refractivity contribution in [2.75, 3.05) is 11.9 Å². The number of carbonyl (C=O) groups is 1. The van der Waals surface area contributed by atoms with Gasteiger partial charge in [0.25, 0.3) is 0 Å². The lowest BCUT2D eigenvalue weighted by Gasteiger charge is -2.07. The van der Waals surface area contributed by atoms with Crippen LogP contribution in [0.5, 0.6) is 0 Å². The maximum absolute atomic E-state index is 11.7. The molecule has 134 valence electrons. The molecule has 0 spiro atoms. The standard InChI is InChI=1S/C19H20N4O2S/c1-4-16-21-12(3)17(26-16)15-10-11-20-19(23-15)22-14-8-6-13(7-9-14)18(24)25-5-2/h6-11H,4-5H2,1-3H3,(H,20,22,23). The molecule has 2 aromatic heterocycles. The maximum Gasteiger partial charge on any atom is 0.338 e. The molecule has 0 radical (unpaired) electrons. The Morgan fingerprint density at radius 1 is 1.15 bits per heavy atom. The van der Waals surface area contributed by atoms with Gasteiger partial charge in [0.2, 0.25) is 5.95 Å². The minimum absolute atomic E-state index is 0.329. The lowest BCUT2D eigenvalue weighted by molar-refractivity contribution is 0.0526. The van der Waals surface area contributed by atoms with Crippen molar-refractivity contribution in [3.63, 3.8) is 0 Å². The van der Waals surface area contributed by atoms with E-state index in [1.165, 1.54) is 0 Å². The second kappa shape index (κ2) is 8.05. The van der Waals surface area contributed by atoms with Gasteiger partial charge in [-0.25, -0.2) is 19.7 Å². The first-order chi connectivity index (χ1) is 12.6. The minimum atomic E-state index is -0.329. The smallest absolute Gasteiger partial charge is 0.338 e. The van der Waals surface area contributed by atoms with Crippen LogP contribution in [-0.4, -0.2) is 27.5 Å². The molecule has 26 heavy (non-hydrogen) atoms. The number of aromatic nitrogens is 3. The van der Waals surface area contributed by atoms with Gasteiger partial charge in [-0.05, 0) is 50.6 Å². The zero-order chi connectivity index (χ0) is 18.5. The molecule has 0 aliphatic heterocycles. The molecule has 0 fully saturated rings. The third-order valence-corrected chi connectivity index (χ3v) is 5.01. The molecule has 3 aromatic rings. The molecular weight excluding hydrogens is 348 g/mol. The molecule has 0 aliphatic carbocycles. The monoisotopic (exact) mass is 368 g/mol. The molecule has 0 saturated carbocycles. The van der Waals surface area contributed by atoms with Crippen LogP contribution in [0.3, 0.4) is 0 Å². The second-order valence-electron chi connectivity index (χ2n) is 5.56. The molecule has 0 bridgehead atoms. The number of ether oxygens (including phenoxy) is 1. The normalized spacial score (nSPS) is 10.6. The number of rotatable bonds is 6. The highest BCUT2D eigenvalue weighted by atomic mass is 32.1. The van der Waals surface area contributed by atoms with Gasteiger partial charge < -0.3 is 10.1 Å². The average molecular weight is 368 g/mol. The number of thiazole rings is 1. The summed E-state index contributed by atoms with van der Waals surface area (Å²) in [5.41, 5.74) is 3.14.